The topological polar surface area (TPSA) is 159 Å². The quantitative estimate of drug-likeness (QED) is 0.116. The van der Waals surface area contributed by atoms with Crippen LogP contribution in [0.1, 0.15) is 28.9 Å². The second-order valence-electron chi connectivity index (χ2n) is 9.49. The minimum Gasteiger partial charge on any atom is -0.504 e. The Morgan fingerprint density at radius 1 is 0.632 bits per heavy atom. The van der Waals surface area contributed by atoms with E-state index >= 15 is 0 Å². The fraction of sp³-hybridized carbons (Fsp3) is 0.188. The first-order chi connectivity index (χ1) is 28.7. The highest BCUT2D eigenvalue weighted by Crippen LogP contribution is 2.39. The molecule has 0 aliphatic heterocycles. The summed E-state index contributed by atoms with van der Waals surface area (Å²) in [5.41, 5.74) is -2.01. The smallest absolute Gasteiger partial charge is 0.504 e. The maximum absolute atomic E-state index is 14.3. The van der Waals surface area contributed by atoms with Crippen molar-refractivity contribution in [2.45, 2.75) is 25.9 Å². The maximum Gasteiger partial charge on any atom is 0.573 e. The number of rotatable bonds is 12. The molecule has 0 fully saturated rings. The molecule has 0 unspecified atom stereocenters. The molecule has 3 N–H and O–H groups in total. The number of aromatic hydroxyl groups is 1. The van der Waals surface area contributed by atoms with Gasteiger partial charge in [0, 0.05) is 16.6 Å². The van der Waals surface area contributed by atoms with Crippen LogP contribution in [0.3, 0.4) is 0 Å². The van der Waals surface area contributed by atoms with Gasteiger partial charge in [-0.3, -0.25) is 0 Å². The van der Waals surface area contributed by atoms with Crippen molar-refractivity contribution in [1.29, 1.82) is 0 Å². The summed E-state index contributed by atoms with van der Waals surface area (Å²) in [6.45, 7) is -6.68. The van der Waals surface area contributed by atoms with Crippen molar-refractivity contribution in [3.8, 4) is 51.7 Å². The van der Waals surface area contributed by atoms with Crippen LogP contribution in [0.4, 0.5) is 52.7 Å². The summed E-state index contributed by atoms with van der Waals surface area (Å²) in [6.07, 6.45) is -10.0. The van der Waals surface area contributed by atoms with E-state index in [1.165, 1.54) is 0 Å². The standard InChI is InChI=1S/C16H10F6O6.C8H4BrF3O3.C8H7F3O3/c1-25-11-6-7(28-16(20,21)22)2-3-8(11)26-9-4-5-10(27-15(18)19)13(17)12(9)14(23)24;9-3-1-2-4(15-8(11)12)6(10)5(3)7(13)14;1-13-7-4-5(2-3-6(7)12)14-8(9,10)11/h2-6,15H,1H3,(H,23,24);1-2,8H,(H,13,14);2-4,12H,1H3/i1D3;;1D3. The maximum atomic E-state index is 14.3. The average molecular weight is 911 g/mol. The van der Waals surface area contributed by atoms with E-state index in [2.05, 4.69) is 44.4 Å². The molecule has 0 aliphatic carbocycles. The van der Waals surface area contributed by atoms with Gasteiger partial charge in [-0.15, -0.1) is 26.3 Å². The number of halogens is 13. The lowest BCUT2D eigenvalue weighted by Gasteiger charge is -2.15. The summed E-state index contributed by atoms with van der Waals surface area (Å²) in [4.78, 5) is 21.9. The van der Waals surface area contributed by atoms with Crippen LogP contribution in [0.15, 0.2) is 65.1 Å². The number of methoxy groups -OCH3 is 2. The number of carboxylic acids is 2. The highest BCUT2D eigenvalue weighted by atomic mass is 79.9. The number of carboxylic acid groups (broad SMARTS) is 2. The number of carbonyl (C=O) groups is 2. The Morgan fingerprint density at radius 2 is 1.05 bits per heavy atom. The van der Waals surface area contributed by atoms with Crippen LogP contribution in [0, 0.1) is 11.6 Å². The molecule has 4 aromatic carbocycles. The number of benzene rings is 4. The van der Waals surface area contributed by atoms with Gasteiger partial charge in [0.1, 0.15) is 28.4 Å². The molecule has 0 amide bonds. The van der Waals surface area contributed by atoms with E-state index in [1.807, 2.05) is 0 Å². The van der Waals surface area contributed by atoms with Crippen molar-refractivity contribution in [2.75, 3.05) is 14.1 Å². The molecule has 0 bridgehead atoms. The summed E-state index contributed by atoms with van der Waals surface area (Å²) >= 11 is 2.78. The number of phenols is 1. The van der Waals surface area contributed by atoms with Gasteiger partial charge in [-0.05, 0) is 64.5 Å². The van der Waals surface area contributed by atoms with E-state index in [0.717, 1.165) is 30.3 Å². The van der Waals surface area contributed by atoms with E-state index < -0.39 is 126 Å². The van der Waals surface area contributed by atoms with Gasteiger partial charge >= 0.3 is 37.9 Å². The highest BCUT2D eigenvalue weighted by molar-refractivity contribution is 9.10. The summed E-state index contributed by atoms with van der Waals surface area (Å²) in [6, 6.07) is 7.54. The predicted octanol–water partition coefficient (Wildman–Crippen LogP) is 10.0. The zero-order chi connectivity index (χ0) is 48.4. The summed E-state index contributed by atoms with van der Waals surface area (Å²) in [5, 5.41) is 27.0. The number of aromatic carboxylic acids is 2. The van der Waals surface area contributed by atoms with Crippen molar-refractivity contribution in [2.24, 2.45) is 0 Å². The molecular weight excluding hydrogens is 884 g/mol. The van der Waals surface area contributed by atoms with Gasteiger partial charge in [0.15, 0.2) is 46.1 Å². The molecule has 4 rings (SSSR count). The molecule has 0 saturated carbocycles. The van der Waals surface area contributed by atoms with E-state index in [1.54, 1.807) is 0 Å². The molecule has 25 heteroatoms. The lowest BCUT2D eigenvalue weighted by molar-refractivity contribution is -0.275. The lowest BCUT2D eigenvalue weighted by atomic mass is 10.1. The molecule has 0 spiro atoms. The Kier molecular flexibility index (Phi) is 13.4. The zero-order valence-corrected chi connectivity index (χ0v) is 28.4. The number of ether oxygens (including phenoxy) is 7. The lowest BCUT2D eigenvalue weighted by Crippen LogP contribution is -2.17. The Balaban J connectivity index is 0.000000359. The van der Waals surface area contributed by atoms with Gasteiger partial charge in [-0.1, -0.05) is 0 Å². The molecule has 0 heterocycles. The predicted molar refractivity (Wildman–Crippen MR) is 169 cm³/mol. The molecule has 4 aromatic rings. The molecule has 0 aliphatic rings. The van der Waals surface area contributed by atoms with Crippen LogP contribution in [-0.2, 0) is 0 Å². The van der Waals surface area contributed by atoms with Gasteiger partial charge in [0.05, 0.1) is 22.3 Å². The summed E-state index contributed by atoms with van der Waals surface area (Å²) in [5.74, 6) is -13.6. The van der Waals surface area contributed by atoms with E-state index in [0.29, 0.717) is 30.3 Å². The largest absolute Gasteiger partial charge is 0.573 e. The third kappa shape index (κ3) is 14.8. The van der Waals surface area contributed by atoms with Crippen molar-refractivity contribution >= 4 is 27.9 Å². The number of hydrogen-bond donors (Lipinski definition) is 3. The second kappa shape index (κ2) is 20.1. The number of hydrogen-bond acceptors (Lipinski definition) is 10. The van der Waals surface area contributed by atoms with Crippen LogP contribution >= 0.6 is 15.9 Å². The van der Waals surface area contributed by atoms with Crippen molar-refractivity contribution < 1.29 is 119 Å². The van der Waals surface area contributed by atoms with Crippen molar-refractivity contribution in [1.82, 2.24) is 0 Å². The number of phenolic OH excluding ortho intramolecular Hbond substituents is 1. The molecule has 0 aromatic heterocycles. The average Bonchev–Trinajstić information content (AvgIpc) is 3.07. The minimum atomic E-state index is -5.13. The van der Waals surface area contributed by atoms with Crippen LogP contribution in [-0.4, -0.2) is 67.3 Å². The molecule has 0 saturated heterocycles. The first-order valence-electron chi connectivity index (χ1n) is 16.9. The molecule has 312 valence electrons. The van der Waals surface area contributed by atoms with Gasteiger partial charge < -0.3 is 48.5 Å². The van der Waals surface area contributed by atoms with Gasteiger partial charge in [0.2, 0.25) is 0 Å². The molecule has 0 radical (unpaired) electrons. The zero-order valence-electron chi connectivity index (χ0n) is 32.9. The van der Waals surface area contributed by atoms with E-state index in [-0.39, 0.29) is 4.47 Å². The van der Waals surface area contributed by atoms with Gasteiger partial charge in [0.25, 0.3) is 0 Å². The highest BCUT2D eigenvalue weighted by Gasteiger charge is 2.32. The molecule has 12 nitrogen and oxygen atoms in total. The van der Waals surface area contributed by atoms with Gasteiger partial charge in [-0.2, -0.15) is 17.6 Å². The Labute approximate surface area is 326 Å². The molecule has 57 heavy (non-hydrogen) atoms. The monoisotopic (exact) mass is 910 g/mol. The third-order valence-corrected chi connectivity index (χ3v) is 6.40. The van der Waals surface area contributed by atoms with Crippen LogP contribution in [0.2, 0.25) is 0 Å². The first kappa shape index (κ1) is 37.8. The van der Waals surface area contributed by atoms with Gasteiger partial charge in [-0.25, -0.2) is 18.4 Å². The second-order valence-corrected chi connectivity index (χ2v) is 10.3. The Hall–Kier alpha value is -6.14. The summed E-state index contributed by atoms with van der Waals surface area (Å²) < 4.78 is 219. The SMILES string of the molecule is O=C(O)c1c(Br)ccc(OC(F)F)c1F.[2H]C([2H])([2H])Oc1cc(OC(F)(F)F)ccc1O.[2H]C([2H])([2H])Oc1cc(OC(F)(F)F)ccc1Oc1ccc(OC(F)F)c(F)c1C(=O)O. The van der Waals surface area contributed by atoms with E-state index in [4.69, 9.17) is 18.1 Å². The van der Waals surface area contributed by atoms with Crippen LogP contribution in [0.25, 0.3) is 0 Å². The van der Waals surface area contributed by atoms with Crippen molar-refractivity contribution in [3.63, 3.8) is 0 Å². The molecular formula is C32H21BrF12O12. The van der Waals surface area contributed by atoms with E-state index in [9.17, 15) is 72.5 Å². The fourth-order valence-corrected chi connectivity index (χ4v) is 4.14. The first-order valence-corrected chi connectivity index (χ1v) is 14.7. The van der Waals surface area contributed by atoms with Crippen LogP contribution in [0.5, 0.6) is 51.7 Å². The summed E-state index contributed by atoms with van der Waals surface area (Å²) in [7, 11) is -6.06. The normalized spacial score (nSPS) is 13.0. The molecule has 0 atom stereocenters. The van der Waals surface area contributed by atoms with Crippen molar-refractivity contribution in [3.05, 3.63) is 87.9 Å². The Bertz CT molecular complexity index is 2230. The third-order valence-electron chi connectivity index (χ3n) is 5.74. The fourth-order valence-electron chi connectivity index (χ4n) is 3.67. The van der Waals surface area contributed by atoms with Crippen LogP contribution < -0.4 is 33.2 Å². The Morgan fingerprint density at radius 3 is 1.53 bits per heavy atom. The minimum absolute atomic E-state index is 0.0471. The number of alkyl halides is 10.